The first-order valence-electron chi connectivity index (χ1n) is 7.80. The highest BCUT2D eigenvalue weighted by Gasteiger charge is 2.28. The number of H-pyrrole nitrogens is 1. The number of rotatable bonds is 3. The van der Waals surface area contributed by atoms with Gasteiger partial charge in [0.15, 0.2) is 5.69 Å². The SMILES string of the molecule is CCOC(=O)c1nc(C)c2[nH]c3c(c2c1C)C(OC)CCC3. The number of ether oxygens (including phenoxy) is 2. The molecule has 0 spiro atoms. The van der Waals surface area contributed by atoms with Crippen LogP contribution in [0.1, 0.15) is 58.9 Å². The van der Waals surface area contributed by atoms with Crippen LogP contribution in [0.15, 0.2) is 0 Å². The number of esters is 1. The number of hydrogen-bond donors (Lipinski definition) is 1. The molecule has 2 aromatic rings. The van der Waals surface area contributed by atoms with Crippen molar-refractivity contribution in [1.82, 2.24) is 9.97 Å². The molecule has 5 nitrogen and oxygen atoms in total. The molecule has 1 N–H and O–H groups in total. The minimum absolute atomic E-state index is 0.0769. The molecule has 118 valence electrons. The highest BCUT2D eigenvalue weighted by molar-refractivity contribution is 5.98. The van der Waals surface area contributed by atoms with Crippen molar-refractivity contribution < 1.29 is 14.3 Å². The lowest BCUT2D eigenvalue weighted by Crippen LogP contribution is -2.12. The van der Waals surface area contributed by atoms with Crippen LogP contribution in [-0.2, 0) is 15.9 Å². The Kier molecular flexibility index (Phi) is 3.91. The lowest BCUT2D eigenvalue weighted by atomic mass is 9.91. The Morgan fingerprint density at radius 3 is 2.86 bits per heavy atom. The first kappa shape index (κ1) is 15.0. The van der Waals surface area contributed by atoms with Crippen molar-refractivity contribution in [2.45, 2.75) is 46.1 Å². The molecule has 5 heteroatoms. The molecule has 22 heavy (non-hydrogen) atoms. The summed E-state index contributed by atoms with van der Waals surface area (Å²) in [5.41, 5.74) is 5.53. The minimum Gasteiger partial charge on any atom is -0.461 e. The molecule has 0 amide bonds. The molecule has 2 aromatic heterocycles. The zero-order valence-electron chi connectivity index (χ0n) is 13.6. The summed E-state index contributed by atoms with van der Waals surface area (Å²) in [5.74, 6) is -0.357. The van der Waals surface area contributed by atoms with Gasteiger partial charge in [0.2, 0.25) is 0 Å². The van der Waals surface area contributed by atoms with Crippen LogP contribution in [0.5, 0.6) is 0 Å². The van der Waals surface area contributed by atoms with Gasteiger partial charge >= 0.3 is 5.97 Å². The van der Waals surface area contributed by atoms with E-state index < -0.39 is 0 Å². The highest BCUT2D eigenvalue weighted by atomic mass is 16.5. The molecule has 0 radical (unpaired) electrons. The van der Waals surface area contributed by atoms with Crippen LogP contribution in [0, 0.1) is 13.8 Å². The van der Waals surface area contributed by atoms with Crippen LogP contribution in [0.4, 0.5) is 0 Å². The van der Waals surface area contributed by atoms with Crippen LogP contribution in [0.2, 0.25) is 0 Å². The van der Waals surface area contributed by atoms with E-state index in [1.807, 2.05) is 13.8 Å². The van der Waals surface area contributed by atoms with E-state index in [0.29, 0.717) is 12.3 Å². The van der Waals surface area contributed by atoms with E-state index in [0.717, 1.165) is 41.4 Å². The van der Waals surface area contributed by atoms with Crippen LogP contribution in [0.3, 0.4) is 0 Å². The molecule has 0 aliphatic heterocycles. The summed E-state index contributed by atoms with van der Waals surface area (Å²) >= 11 is 0. The third-order valence-electron chi connectivity index (χ3n) is 4.46. The Bertz CT molecular complexity index is 733. The molecule has 1 aliphatic rings. The van der Waals surface area contributed by atoms with Crippen molar-refractivity contribution >= 4 is 16.9 Å². The molecule has 0 bridgehead atoms. The maximum atomic E-state index is 12.2. The van der Waals surface area contributed by atoms with Gasteiger partial charge in [0.25, 0.3) is 0 Å². The van der Waals surface area contributed by atoms with Gasteiger partial charge in [-0.2, -0.15) is 0 Å². The van der Waals surface area contributed by atoms with Gasteiger partial charge in [0.1, 0.15) is 0 Å². The first-order valence-corrected chi connectivity index (χ1v) is 7.80. The number of aromatic amines is 1. The van der Waals surface area contributed by atoms with Gasteiger partial charge in [-0.25, -0.2) is 9.78 Å². The number of fused-ring (bicyclic) bond motifs is 3. The fourth-order valence-electron chi connectivity index (χ4n) is 3.45. The molecule has 1 atom stereocenters. The number of carbonyl (C=O) groups excluding carboxylic acids is 1. The number of hydrogen-bond acceptors (Lipinski definition) is 4. The van der Waals surface area contributed by atoms with Crippen LogP contribution in [0.25, 0.3) is 10.9 Å². The van der Waals surface area contributed by atoms with Crippen LogP contribution < -0.4 is 0 Å². The zero-order valence-corrected chi connectivity index (χ0v) is 13.6. The van der Waals surface area contributed by atoms with Gasteiger partial charge in [-0.3, -0.25) is 0 Å². The summed E-state index contributed by atoms with van der Waals surface area (Å²) in [7, 11) is 1.74. The molecule has 2 heterocycles. The van der Waals surface area contributed by atoms with Crippen LogP contribution in [-0.4, -0.2) is 29.7 Å². The molecule has 1 unspecified atom stereocenters. The molecule has 1 aliphatic carbocycles. The molecule has 3 rings (SSSR count). The second kappa shape index (κ2) is 5.72. The topological polar surface area (TPSA) is 64.2 Å². The lowest BCUT2D eigenvalue weighted by molar-refractivity contribution is 0.0518. The van der Waals surface area contributed by atoms with Gasteiger partial charge in [-0.1, -0.05) is 0 Å². The minimum atomic E-state index is -0.357. The fraction of sp³-hybridized carbons (Fsp3) is 0.529. The standard InChI is InChI=1S/C17H22N2O3/c1-5-22-17(20)15-9(2)13-14-11(7-6-8-12(14)21-4)19-16(13)10(3)18-15/h12,19H,5-8H2,1-4H3. The number of aromatic nitrogens is 2. The van der Waals surface area contributed by atoms with Crippen molar-refractivity contribution in [3.63, 3.8) is 0 Å². The Morgan fingerprint density at radius 1 is 1.41 bits per heavy atom. The fourth-order valence-corrected chi connectivity index (χ4v) is 3.45. The lowest BCUT2D eigenvalue weighted by Gasteiger charge is -2.22. The summed E-state index contributed by atoms with van der Waals surface area (Å²) in [4.78, 5) is 20.1. The van der Waals surface area contributed by atoms with Crippen LogP contribution >= 0.6 is 0 Å². The maximum Gasteiger partial charge on any atom is 0.357 e. The van der Waals surface area contributed by atoms with E-state index in [-0.39, 0.29) is 12.1 Å². The molecular formula is C17H22N2O3. The maximum absolute atomic E-state index is 12.2. The third-order valence-corrected chi connectivity index (χ3v) is 4.46. The van der Waals surface area contributed by atoms with Crippen molar-refractivity contribution in [2.24, 2.45) is 0 Å². The number of nitrogens with one attached hydrogen (secondary N) is 1. The van der Waals surface area contributed by atoms with E-state index in [1.54, 1.807) is 14.0 Å². The Balaban J connectivity index is 2.28. The first-order chi connectivity index (χ1) is 10.6. The van der Waals surface area contributed by atoms with Gasteiger partial charge in [-0.15, -0.1) is 0 Å². The summed E-state index contributed by atoms with van der Waals surface area (Å²) < 4.78 is 10.8. The second-order valence-electron chi connectivity index (χ2n) is 5.78. The Hall–Kier alpha value is -1.88. The van der Waals surface area contributed by atoms with Gasteiger partial charge < -0.3 is 14.5 Å². The third kappa shape index (κ3) is 2.20. The number of pyridine rings is 1. The molecule has 0 saturated carbocycles. The molecule has 0 aromatic carbocycles. The predicted molar refractivity (Wildman–Crippen MR) is 84.2 cm³/mol. The second-order valence-corrected chi connectivity index (χ2v) is 5.78. The summed E-state index contributed by atoms with van der Waals surface area (Å²) in [5, 5.41) is 1.08. The average molecular weight is 302 g/mol. The number of aryl methyl sites for hydroxylation is 3. The van der Waals surface area contributed by atoms with E-state index in [2.05, 4.69) is 9.97 Å². The number of nitrogens with zero attached hydrogens (tertiary/aromatic N) is 1. The van der Waals surface area contributed by atoms with E-state index in [4.69, 9.17) is 9.47 Å². The Morgan fingerprint density at radius 2 is 2.18 bits per heavy atom. The largest absolute Gasteiger partial charge is 0.461 e. The zero-order chi connectivity index (χ0) is 15.9. The van der Waals surface area contributed by atoms with Gasteiger partial charge in [-0.05, 0) is 45.6 Å². The summed E-state index contributed by atoms with van der Waals surface area (Å²) in [6, 6.07) is 0. The highest BCUT2D eigenvalue weighted by Crippen LogP contribution is 2.40. The van der Waals surface area contributed by atoms with Gasteiger partial charge in [0, 0.05) is 23.8 Å². The normalized spacial score (nSPS) is 17.5. The van der Waals surface area contributed by atoms with Gasteiger partial charge in [0.05, 0.1) is 23.9 Å². The van der Waals surface area contributed by atoms with E-state index in [9.17, 15) is 4.79 Å². The van der Waals surface area contributed by atoms with Crippen molar-refractivity contribution in [1.29, 1.82) is 0 Å². The summed E-state index contributed by atoms with van der Waals surface area (Å²) in [6.45, 7) is 6.02. The average Bonchev–Trinajstić information content (AvgIpc) is 2.91. The van der Waals surface area contributed by atoms with Crippen molar-refractivity contribution in [3.05, 3.63) is 28.2 Å². The number of methoxy groups -OCH3 is 1. The number of carbonyl (C=O) groups is 1. The van der Waals surface area contributed by atoms with E-state index >= 15 is 0 Å². The molecule has 0 saturated heterocycles. The van der Waals surface area contributed by atoms with Crippen molar-refractivity contribution in [2.75, 3.05) is 13.7 Å². The quantitative estimate of drug-likeness (QED) is 0.883. The Labute approximate surface area is 130 Å². The predicted octanol–water partition coefficient (Wildman–Crippen LogP) is 3.38. The summed E-state index contributed by atoms with van der Waals surface area (Å²) in [6.07, 6.45) is 3.20. The monoisotopic (exact) mass is 302 g/mol. The van der Waals surface area contributed by atoms with E-state index in [1.165, 1.54) is 11.3 Å². The molecular weight excluding hydrogens is 280 g/mol. The molecule has 0 fully saturated rings. The smallest absolute Gasteiger partial charge is 0.357 e. The van der Waals surface area contributed by atoms with Crippen molar-refractivity contribution in [3.8, 4) is 0 Å².